The molecule has 8 rings (SSSR count). The van der Waals surface area contributed by atoms with Gasteiger partial charge in [-0.25, -0.2) is 19.9 Å². The monoisotopic (exact) mass is 1340 g/mol. The average molecular weight is 1340 g/mol. The molecule has 0 spiro atoms. The normalized spacial score (nSPS) is 13.7. The molecule has 0 atom stereocenters. The number of hydrogen-bond donors (Lipinski definition) is 5. The van der Waals surface area contributed by atoms with Gasteiger partial charge in [-0.05, 0) is 74.7 Å². The number of benzene rings is 2. The molecule has 2 fully saturated rings. The van der Waals surface area contributed by atoms with Crippen molar-refractivity contribution in [3.8, 4) is 17.0 Å². The number of amides is 4. The number of ether oxygens (including phenoxy) is 9. The van der Waals surface area contributed by atoms with E-state index in [1.165, 1.54) is 48.0 Å². The van der Waals surface area contributed by atoms with Gasteiger partial charge in [0.15, 0.2) is 5.13 Å². The zero-order chi connectivity index (χ0) is 64.9. The van der Waals surface area contributed by atoms with Crippen LogP contribution in [0.5, 0.6) is 5.75 Å². The number of piperazine rings is 1. The molecule has 2 saturated heterocycles. The third-order valence-electron chi connectivity index (χ3n) is 14.2. The Kier molecular flexibility index (Phi) is 28.7. The summed E-state index contributed by atoms with van der Waals surface area (Å²) in [5, 5.41) is 19.7. The summed E-state index contributed by atoms with van der Waals surface area (Å²) in [7, 11) is 0. The van der Waals surface area contributed by atoms with Crippen LogP contribution in [0.4, 0.5) is 42.7 Å². The van der Waals surface area contributed by atoms with E-state index in [9.17, 15) is 28.0 Å². The predicted molar refractivity (Wildman–Crippen MR) is 342 cm³/mol. The largest absolute Gasteiger partial charge is 0.487 e. The van der Waals surface area contributed by atoms with Crippen LogP contribution in [0, 0.1) is 19.8 Å². The maximum atomic E-state index is 13.2. The molecule has 2 aliphatic heterocycles. The number of halogens is 4. The molecule has 6 heterocycles. The Morgan fingerprint density at radius 1 is 0.685 bits per heavy atom. The zero-order valence-corrected chi connectivity index (χ0v) is 53.6. The van der Waals surface area contributed by atoms with Crippen LogP contribution >= 0.6 is 34.5 Å². The highest BCUT2D eigenvalue weighted by Crippen LogP contribution is 2.33. The molecule has 4 aromatic heterocycles. The number of aromatic nitrogens is 6. The fourth-order valence-electron chi connectivity index (χ4n) is 9.56. The van der Waals surface area contributed by atoms with Crippen LogP contribution in [0.2, 0.25) is 5.02 Å². The second-order valence-corrected chi connectivity index (χ2v) is 22.7. The van der Waals surface area contributed by atoms with E-state index in [1.807, 2.05) is 36.9 Å². The number of aromatic amines is 1. The van der Waals surface area contributed by atoms with E-state index in [0.29, 0.717) is 219 Å². The van der Waals surface area contributed by atoms with Crippen LogP contribution in [0.15, 0.2) is 79.3 Å². The predicted octanol–water partition coefficient (Wildman–Crippen LogP) is 7.61. The Morgan fingerprint density at radius 3 is 1.88 bits per heavy atom. The first kappa shape index (κ1) is 70.6. The second-order valence-electron chi connectivity index (χ2n) is 20.9. The minimum atomic E-state index is -3.86. The molecule has 31 heteroatoms. The van der Waals surface area contributed by atoms with E-state index in [1.54, 1.807) is 24.4 Å². The summed E-state index contributed by atoms with van der Waals surface area (Å²) in [6.07, 6.45) is 6.05. The summed E-state index contributed by atoms with van der Waals surface area (Å²) < 4.78 is 75.0. The van der Waals surface area contributed by atoms with Crippen molar-refractivity contribution in [3.05, 3.63) is 106 Å². The summed E-state index contributed by atoms with van der Waals surface area (Å²) in [6.45, 7) is 13.9. The molecule has 0 bridgehead atoms. The van der Waals surface area contributed by atoms with Gasteiger partial charge in [0.1, 0.15) is 33.9 Å². The number of anilines is 6. The molecule has 0 radical (unpaired) electrons. The first-order valence-corrected chi connectivity index (χ1v) is 31.7. The average Bonchev–Trinajstić information content (AvgIpc) is 1.42. The minimum absolute atomic E-state index is 0.0311. The molecule has 498 valence electrons. The van der Waals surface area contributed by atoms with Crippen LogP contribution in [-0.2, 0) is 47.5 Å². The van der Waals surface area contributed by atoms with Gasteiger partial charge in [0.05, 0.1) is 140 Å². The second kappa shape index (κ2) is 37.4. The molecule has 92 heavy (non-hydrogen) atoms. The van der Waals surface area contributed by atoms with Gasteiger partial charge in [0.25, 0.3) is 11.8 Å². The maximum absolute atomic E-state index is 13.2. The van der Waals surface area contributed by atoms with Crippen LogP contribution in [0.1, 0.15) is 50.7 Å². The summed E-state index contributed by atoms with van der Waals surface area (Å²) >= 11 is 12.3. The lowest BCUT2D eigenvalue weighted by Gasteiger charge is -2.35. The van der Waals surface area contributed by atoms with Gasteiger partial charge < -0.3 is 78.6 Å². The van der Waals surface area contributed by atoms with Crippen molar-refractivity contribution in [3.63, 3.8) is 0 Å². The highest BCUT2D eigenvalue weighted by atomic mass is 35.5. The smallest absolute Gasteiger partial charge is 0.420 e. The van der Waals surface area contributed by atoms with E-state index in [4.69, 9.17) is 61.1 Å². The van der Waals surface area contributed by atoms with Crippen LogP contribution < -0.4 is 35.8 Å². The number of alkyl halides is 3. The van der Waals surface area contributed by atoms with E-state index in [0.717, 1.165) is 11.4 Å². The third-order valence-corrected chi connectivity index (χ3v) is 15.6. The number of hydrogen-bond acceptors (Lipinski definition) is 22. The SMILES string of the molecule is Cc1nc(Nc2ncc(C(=O)Nc3c(C)cccc3Cl)s2)cc(N2CCN(C(=O)CCOCCOCCOCCOCCOCCOCCOCCOCCNC(=O)C3CCN(c4ncc(C(=O)Nc5ccc(OC(F)(F)Cl)cc5)cc4-c4ccn[nH]4)CC3)CC2)n1. The van der Waals surface area contributed by atoms with E-state index in [2.05, 4.69) is 65.9 Å². The number of aryl methyl sites for hydroxylation is 2. The molecule has 2 aromatic carbocycles. The summed E-state index contributed by atoms with van der Waals surface area (Å²) in [6, 6.07) is 16.1. The van der Waals surface area contributed by atoms with Crippen LogP contribution in [0.3, 0.4) is 0 Å². The summed E-state index contributed by atoms with van der Waals surface area (Å²) in [4.78, 5) is 76.7. The van der Waals surface area contributed by atoms with Gasteiger partial charge in [-0.1, -0.05) is 35.1 Å². The van der Waals surface area contributed by atoms with Gasteiger partial charge in [-0.3, -0.25) is 24.3 Å². The first-order chi connectivity index (χ1) is 44.7. The highest BCUT2D eigenvalue weighted by molar-refractivity contribution is 7.17. The van der Waals surface area contributed by atoms with Crippen LogP contribution in [-0.4, -0.2) is 216 Å². The summed E-state index contributed by atoms with van der Waals surface area (Å²) in [5.41, 5.74) is -0.518. The molecule has 6 aromatic rings. The lowest BCUT2D eigenvalue weighted by atomic mass is 9.95. The Hall–Kier alpha value is -7.29. The Balaban J connectivity index is 0.549. The molecular formula is C61H77Cl2F2N13O13S. The van der Waals surface area contributed by atoms with E-state index < -0.39 is 11.5 Å². The molecule has 2 aliphatic rings. The molecule has 0 saturated carbocycles. The van der Waals surface area contributed by atoms with Crippen molar-refractivity contribution in [2.75, 3.05) is 177 Å². The molecule has 26 nitrogen and oxygen atoms in total. The van der Waals surface area contributed by atoms with E-state index >= 15 is 0 Å². The zero-order valence-electron chi connectivity index (χ0n) is 51.3. The van der Waals surface area contributed by atoms with Crippen molar-refractivity contribution in [2.45, 2.75) is 38.7 Å². The Labute approximate surface area is 545 Å². The fourth-order valence-corrected chi connectivity index (χ4v) is 10.6. The number of nitrogens with zero attached hydrogens (tertiary/aromatic N) is 8. The van der Waals surface area contributed by atoms with Crippen molar-refractivity contribution in [1.29, 1.82) is 0 Å². The van der Waals surface area contributed by atoms with Crippen molar-refractivity contribution in [1.82, 2.24) is 40.3 Å². The van der Waals surface area contributed by atoms with Gasteiger partial charge in [0, 0.05) is 93.0 Å². The lowest BCUT2D eigenvalue weighted by molar-refractivity contribution is -0.132. The molecular weight excluding hydrogens is 1260 g/mol. The van der Waals surface area contributed by atoms with Crippen molar-refractivity contribution in [2.24, 2.45) is 5.92 Å². The van der Waals surface area contributed by atoms with Gasteiger partial charge in [-0.2, -0.15) is 5.10 Å². The minimum Gasteiger partial charge on any atom is -0.420 e. The number of piperidine rings is 1. The lowest BCUT2D eigenvalue weighted by Crippen LogP contribution is -2.49. The molecule has 4 amide bonds. The maximum Gasteiger partial charge on any atom is 0.487 e. The van der Waals surface area contributed by atoms with Crippen molar-refractivity contribution >= 4 is 92.1 Å². The number of thiazole rings is 1. The molecule has 5 N–H and O–H groups in total. The number of pyridine rings is 1. The van der Waals surface area contributed by atoms with Gasteiger partial charge in [0.2, 0.25) is 11.8 Å². The number of H-pyrrole nitrogens is 1. The number of nitrogens with one attached hydrogen (secondary N) is 5. The number of rotatable bonds is 39. The van der Waals surface area contributed by atoms with Gasteiger partial charge in [-0.15, -0.1) is 8.78 Å². The summed E-state index contributed by atoms with van der Waals surface area (Å²) in [5.74, 6) is 1.36. The fraction of sp³-hybridized carbons (Fsp3) is 0.492. The number of para-hydroxylation sites is 1. The van der Waals surface area contributed by atoms with E-state index in [-0.39, 0.29) is 41.4 Å². The molecule has 0 unspecified atom stereocenters. The van der Waals surface area contributed by atoms with Crippen molar-refractivity contribution < 1.29 is 70.6 Å². The molecule has 0 aliphatic carbocycles. The Bertz CT molecular complexity index is 3230. The van der Waals surface area contributed by atoms with Crippen LogP contribution in [0.25, 0.3) is 11.3 Å². The first-order valence-electron chi connectivity index (χ1n) is 30.1. The standard InChI is InChI=1S/C61H77Cl2F2N13O13S/c1-42-4-3-5-49(62)55(42)74-59(82)51-41-68-60(92-51)73-52-39-53(71-43(2)70-52)76-18-20-77(21-19-76)54(79)13-22-83-24-26-85-28-30-87-32-34-89-36-37-90-35-33-88-31-29-86-27-25-84-23-15-66-57(80)44-11-16-78(17-12-44)56-48(50-10-14-69-75-50)38-45(40-67-56)58(81)72-46-6-8-47(9-7-46)91-61(63,64)65/h3-10,14,38-41,44H,11-13,15-37H2,1-2H3,(H,66,80)(H,69,75)(H,72,81)(H,74,82)(H,68,70,71,73). The number of carbonyl (C=O) groups is 4. The topological polar surface area (TPSA) is 289 Å². The highest BCUT2D eigenvalue weighted by Gasteiger charge is 2.30. The van der Waals surface area contributed by atoms with Gasteiger partial charge >= 0.3 is 5.57 Å². The quantitative estimate of drug-likeness (QED) is 0.0183. The Morgan fingerprint density at radius 2 is 1.29 bits per heavy atom. The number of carbonyl (C=O) groups excluding carboxylic acids is 4. The third kappa shape index (κ3) is 23.7.